The van der Waals surface area contributed by atoms with Gasteiger partial charge in [-0.05, 0) is 12.1 Å². The smallest absolute Gasteiger partial charge is 0.133 e. The molecule has 1 aromatic heterocycles. The minimum atomic E-state index is 0.996. The van der Waals surface area contributed by atoms with Crippen molar-refractivity contribution < 1.29 is 4.42 Å². The molecule has 0 spiro atoms. The van der Waals surface area contributed by atoms with Crippen LogP contribution in [-0.4, -0.2) is 10.2 Å². The van der Waals surface area contributed by atoms with Crippen molar-refractivity contribution in [3.63, 3.8) is 0 Å². The fraction of sp³-hybridized carbons (Fsp3) is 0. The number of fused-ring (bicyclic) bond motifs is 1. The predicted octanol–water partition coefficient (Wildman–Crippen LogP) is 0.423. The van der Waals surface area contributed by atoms with Gasteiger partial charge >= 0.3 is 0 Å². The maximum Gasteiger partial charge on any atom is 0.133 e. The minimum absolute atomic E-state index is 0.996. The van der Waals surface area contributed by atoms with E-state index in [1.165, 1.54) is 5.39 Å². The first kappa shape index (κ1) is 5.74. The van der Waals surface area contributed by atoms with E-state index in [1.807, 2.05) is 18.2 Å². The van der Waals surface area contributed by atoms with Crippen LogP contribution >= 0.6 is 0 Å². The Hall–Kier alpha value is -1.02. The summed E-state index contributed by atoms with van der Waals surface area (Å²) in [6.07, 6.45) is 0. The molecule has 10 heavy (non-hydrogen) atoms. The molecule has 2 aromatic rings. The number of benzene rings is 1. The molecule has 1 aromatic carbocycles. The fourth-order valence-electron chi connectivity index (χ4n) is 1.11. The van der Waals surface area contributed by atoms with Gasteiger partial charge in [-0.15, -0.1) is 0 Å². The van der Waals surface area contributed by atoms with Crippen molar-refractivity contribution in [3.05, 3.63) is 30.3 Å². The maximum atomic E-state index is 5.43. The highest BCUT2D eigenvalue weighted by atomic mass is 28.1. The van der Waals surface area contributed by atoms with Crippen molar-refractivity contribution in [1.82, 2.24) is 0 Å². The molecule has 0 fully saturated rings. The molecule has 0 aliphatic rings. The zero-order chi connectivity index (χ0) is 6.97. The van der Waals surface area contributed by atoms with Crippen molar-refractivity contribution in [2.24, 2.45) is 0 Å². The maximum absolute atomic E-state index is 5.43. The van der Waals surface area contributed by atoms with Crippen LogP contribution in [0.25, 0.3) is 11.0 Å². The second-order valence-electron chi connectivity index (χ2n) is 2.39. The van der Waals surface area contributed by atoms with Crippen LogP contribution in [0.2, 0.25) is 0 Å². The van der Waals surface area contributed by atoms with Crippen LogP contribution in [-0.2, 0) is 0 Å². The lowest BCUT2D eigenvalue weighted by atomic mass is 10.3. The monoisotopic (exact) mass is 148 g/mol. The van der Waals surface area contributed by atoms with E-state index in [9.17, 15) is 0 Å². The molecule has 0 unspecified atom stereocenters. The Balaban J connectivity index is 2.88. The second-order valence-corrected chi connectivity index (χ2v) is 3.38. The van der Waals surface area contributed by atoms with Crippen LogP contribution in [0.1, 0.15) is 0 Å². The van der Waals surface area contributed by atoms with E-state index in [-0.39, 0.29) is 0 Å². The molecule has 2 rings (SSSR count). The topological polar surface area (TPSA) is 13.1 Å². The van der Waals surface area contributed by atoms with Gasteiger partial charge in [0, 0.05) is 5.39 Å². The molecular weight excluding hydrogens is 140 g/mol. The average molecular weight is 148 g/mol. The van der Waals surface area contributed by atoms with E-state index in [4.69, 9.17) is 4.42 Å². The lowest BCUT2D eigenvalue weighted by molar-refractivity contribution is 0.653. The molecule has 0 atom stereocenters. The van der Waals surface area contributed by atoms with E-state index in [1.54, 1.807) is 0 Å². The van der Waals surface area contributed by atoms with E-state index >= 15 is 0 Å². The van der Waals surface area contributed by atoms with E-state index < -0.39 is 0 Å². The first-order valence-electron chi connectivity index (χ1n) is 3.31. The van der Waals surface area contributed by atoms with Crippen molar-refractivity contribution in [2.75, 3.05) is 0 Å². The first-order chi connectivity index (χ1) is 4.86. The second kappa shape index (κ2) is 1.99. The molecule has 0 saturated carbocycles. The van der Waals surface area contributed by atoms with Gasteiger partial charge in [0.25, 0.3) is 0 Å². The van der Waals surface area contributed by atoms with Gasteiger partial charge in [-0.2, -0.15) is 0 Å². The van der Waals surface area contributed by atoms with Crippen LogP contribution in [0.5, 0.6) is 0 Å². The molecule has 0 radical (unpaired) electrons. The Kier molecular flexibility index (Phi) is 1.14. The number of furan rings is 1. The van der Waals surface area contributed by atoms with Crippen LogP contribution in [0.15, 0.2) is 34.7 Å². The van der Waals surface area contributed by atoms with E-state index in [0.717, 1.165) is 21.2 Å². The van der Waals surface area contributed by atoms with E-state index in [2.05, 4.69) is 12.1 Å². The third-order valence-corrected chi connectivity index (χ3v) is 2.04. The van der Waals surface area contributed by atoms with E-state index in [0.29, 0.717) is 0 Å². The molecule has 0 amide bonds. The van der Waals surface area contributed by atoms with Crippen LogP contribution in [0.4, 0.5) is 0 Å². The van der Waals surface area contributed by atoms with Gasteiger partial charge in [-0.25, -0.2) is 0 Å². The van der Waals surface area contributed by atoms with Gasteiger partial charge in [0.1, 0.15) is 5.58 Å². The SMILES string of the molecule is [SiH3]c1cc2ccccc2o1. The number of para-hydroxylation sites is 1. The molecule has 0 aliphatic heterocycles. The molecule has 0 bridgehead atoms. The summed E-state index contributed by atoms with van der Waals surface area (Å²) in [6.45, 7) is 0. The summed E-state index contributed by atoms with van der Waals surface area (Å²) in [7, 11) is 0.996. The summed E-state index contributed by atoms with van der Waals surface area (Å²) in [6, 6.07) is 10.2. The highest BCUT2D eigenvalue weighted by Crippen LogP contribution is 2.11. The van der Waals surface area contributed by atoms with Gasteiger partial charge in [0.15, 0.2) is 0 Å². The highest BCUT2D eigenvalue weighted by molar-refractivity contribution is 6.31. The molecular formula is C8H8OSi. The third-order valence-electron chi connectivity index (χ3n) is 1.55. The lowest BCUT2D eigenvalue weighted by Crippen LogP contribution is -1.92. The molecule has 1 heterocycles. The van der Waals surface area contributed by atoms with Gasteiger partial charge < -0.3 is 4.42 Å². The zero-order valence-corrected chi connectivity index (χ0v) is 7.79. The van der Waals surface area contributed by atoms with Crippen molar-refractivity contribution in [1.29, 1.82) is 0 Å². The molecule has 0 N–H and O–H groups in total. The summed E-state index contributed by atoms with van der Waals surface area (Å²) < 4.78 is 5.43. The Morgan fingerprint density at radius 3 is 2.80 bits per heavy atom. The van der Waals surface area contributed by atoms with Gasteiger partial charge in [-0.1, -0.05) is 18.2 Å². The Labute approximate surface area is 62.1 Å². The van der Waals surface area contributed by atoms with Crippen molar-refractivity contribution in [3.8, 4) is 0 Å². The Morgan fingerprint density at radius 2 is 2.00 bits per heavy atom. The van der Waals surface area contributed by atoms with Crippen LogP contribution in [0, 0.1) is 0 Å². The normalized spacial score (nSPS) is 10.8. The Morgan fingerprint density at radius 1 is 1.20 bits per heavy atom. The number of rotatable bonds is 0. The summed E-state index contributed by atoms with van der Waals surface area (Å²) >= 11 is 0. The standard InChI is InChI=1S/C8H8OSi/c10-8-5-6-3-1-2-4-7(6)9-8/h1-5H,10H3. The van der Waals surface area contributed by atoms with Crippen molar-refractivity contribution in [2.45, 2.75) is 0 Å². The average Bonchev–Trinajstić information content (AvgIpc) is 2.27. The summed E-state index contributed by atoms with van der Waals surface area (Å²) in [5.74, 6) is 0. The minimum Gasteiger partial charge on any atom is -0.467 e. The first-order valence-corrected chi connectivity index (χ1v) is 4.31. The van der Waals surface area contributed by atoms with Gasteiger partial charge in [0.05, 0.1) is 15.6 Å². The third kappa shape index (κ3) is 0.771. The summed E-state index contributed by atoms with van der Waals surface area (Å²) in [4.78, 5) is 0. The van der Waals surface area contributed by atoms with Crippen LogP contribution < -0.4 is 5.38 Å². The predicted molar refractivity (Wildman–Crippen MR) is 45.8 cm³/mol. The quantitative estimate of drug-likeness (QED) is 0.494. The molecule has 1 nitrogen and oxygen atoms in total. The number of hydrogen-bond acceptors (Lipinski definition) is 1. The zero-order valence-electron chi connectivity index (χ0n) is 5.79. The molecule has 0 saturated heterocycles. The number of hydrogen-bond donors (Lipinski definition) is 0. The van der Waals surface area contributed by atoms with Gasteiger partial charge in [0.2, 0.25) is 0 Å². The lowest BCUT2D eigenvalue weighted by Gasteiger charge is -1.82. The van der Waals surface area contributed by atoms with Crippen LogP contribution in [0.3, 0.4) is 0 Å². The summed E-state index contributed by atoms with van der Waals surface area (Å²) in [5, 5.41) is 2.33. The highest BCUT2D eigenvalue weighted by Gasteiger charge is 1.95. The summed E-state index contributed by atoms with van der Waals surface area (Å²) in [5.41, 5.74) is 1.01. The molecule has 50 valence electrons. The fourth-order valence-corrected chi connectivity index (χ4v) is 1.65. The largest absolute Gasteiger partial charge is 0.467 e. The van der Waals surface area contributed by atoms with Gasteiger partial charge in [-0.3, -0.25) is 0 Å². The molecule has 2 heteroatoms. The van der Waals surface area contributed by atoms with Crippen molar-refractivity contribution >= 4 is 26.6 Å². The Bertz CT molecular complexity index is 318. The molecule has 0 aliphatic carbocycles.